The first-order valence-corrected chi connectivity index (χ1v) is 8.78. The van der Waals surface area contributed by atoms with Gasteiger partial charge in [-0.3, -0.25) is 9.79 Å². The Kier molecular flexibility index (Phi) is 3.57. The van der Waals surface area contributed by atoms with Crippen molar-refractivity contribution in [2.75, 3.05) is 5.32 Å². The molecule has 1 aliphatic rings. The normalized spacial score (nSPS) is 12.7. The molecule has 0 spiro atoms. The van der Waals surface area contributed by atoms with Crippen molar-refractivity contribution in [2.45, 2.75) is 6.42 Å². The molecule has 0 radical (unpaired) electrons. The van der Waals surface area contributed by atoms with Crippen LogP contribution in [0.2, 0.25) is 0 Å². The number of para-hydroxylation sites is 1. The maximum atomic E-state index is 12.9. The van der Waals surface area contributed by atoms with E-state index in [9.17, 15) is 4.79 Å². The van der Waals surface area contributed by atoms with E-state index >= 15 is 0 Å². The zero-order chi connectivity index (χ0) is 18.2. The molecule has 130 valence electrons. The summed E-state index contributed by atoms with van der Waals surface area (Å²) in [5.74, 6) is -0.225. The lowest BCUT2D eigenvalue weighted by Gasteiger charge is -2.09. The predicted molar refractivity (Wildman–Crippen MR) is 107 cm³/mol. The smallest absolute Gasteiger partial charge is 0.274 e. The van der Waals surface area contributed by atoms with Gasteiger partial charge in [0, 0.05) is 17.5 Å². The number of nitrogens with one attached hydrogen (secondary N) is 2. The molecule has 0 saturated heterocycles. The van der Waals surface area contributed by atoms with Crippen LogP contribution in [0, 0.1) is 0 Å². The lowest BCUT2D eigenvalue weighted by Crippen LogP contribution is -2.17. The lowest BCUT2D eigenvalue weighted by molar-refractivity contribution is 0.102. The van der Waals surface area contributed by atoms with Crippen molar-refractivity contribution in [3.05, 3.63) is 90.0 Å². The molecule has 0 saturated carbocycles. The summed E-state index contributed by atoms with van der Waals surface area (Å²) in [5.41, 5.74) is 4.70. The number of benzene rings is 3. The third-order valence-corrected chi connectivity index (χ3v) is 4.78. The number of imidazole rings is 1. The molecule has 1 aliphatic heterocycles. The third-order valence-electron chi connectivity index (χ3n) is 4.78. The fourth-order valence-electron chi connectivity index (χ4n) is 3.48. The highest BCUT2D eigenvalue weighted by atomic mass is 16.1. The lowest BCUT2D eigenvalue weighted by atomic mass is 10.1. The zero-order valence-corrected chi connectivity index (χ0v) is 14.4. The molecule has 2 N–H and O–H groups in total. The summed E-state index contributed by atoms with van der Waals surface area (Å²) >= 11 is 0. The van der Waals surface area contributed by atoms with Crippen LogP contribution in [-0.4, -0.2) is 21.6 Å². The van der Waals surface area contributed by atoms with E-state index in [2.05, 4.69) is 20.3 Å². The molecule has 5 rings (SSSR count). The van der Waals surface area contributed by atoms with E-state index in [4.69, 9.17) is 0 Å². The average Bonchev–Trinajstić information content (AvgIpc) is 3.35. The van der Waals surface area contributed by atoms with Gasteiger partial charge >= 0.3 is 0 Å². The number of carbonyl (C=O) groups is 1. The number of hydrogen-bond acceptors (Lipinski definition) is 3. The van der Waals surface area contributed by atoms with Crippen molar-refractivity contribution in [3.8, 4) is 0 Å². The Balaban J connectivity index is 1.47. The van der Waals surface area contributed by atoms with Gasteiger partial charge in [0.25, 0.3) is 5.91 Å². The fraction of sp³-hybridized carbons (Fsp3) is 0.0455. The van der Waals surface area contributed by atoms with E-state index in [1.807, 2.05) is 66.7 Å². The Morgan fingerprint density at radius 3 is 2.70 bits per heavy atom. The minimum absolute atomic E-state index is 0.225. The van der Waals surface area contributed by atoms with Crippen molar-refractivity contribution in [1.29, 1.82) is 0 Å². The van der Waals surface area contributed by atoms with Crippen molar-refractivity contribution in [3.63, 3.8) is 0 Å². The number of anilines is 1. The summed E-state index contributed by atoms with van der Waals surface area (Å²) in [6.45, 7) is 0. The number of amides is 1. The number of aromatic nitrogens is 2. The maximum absolute atomic E-state index is 12.9. The average molecular weight is 352 g/mol. The molecule has 4 aromatic rings. The van der Waals surface area contributed by atoms with Gasteiger partial charge in [0.15, 0.2) is 0 Å². The molecule has 5 heteroatoms. The predicted octanol–water partition coefficient (Wildman–Crippen LogP) is 4.49. The molecule has 0 atom stereocenters. The van der Waals surface area contributed by atoms with Gasteiger partial charge in [-0.1, -0.05) is 54.6 Å². The SMILES string of the molecule is O=C(Nc1cccc2ccccc12)c1[nH]cnc1C1=Nc2ccccc2C1. The quantitative estimate of drug-likeness (QED) is 0.570. The van der Waals surface area contributed by atoms with Gasteiger partial charge in [0.2, 0.25) is 0 Å². The topological polar surface area (TPSA) is 70.1 Å². The Hall–Kier alpha value is -3.73. The summed E-state index contributed by atoms with van der Waals surface area (Å²) in [4.78, 5) is 24.9. The van der Waals surface area contributed by atoms with Crippen LogP contribution in [0.4, 0.5) is 11.4 Å². The van der Waals surface area contributed by atoms with Gasteiger partial charge in [-0.05, 0) is 23.1 Å². The van der Waals surface area contributed by atoms with Crippen LogP contribution in [-0.2, 0) is 6.42 Å². The van der Waals surface area contributed by atoms with Crippen molar-refractivity contribution in [2.24, 2.45) is 4.99 Å². The first-order valence-electron chi connectivity index (χ1n) is 8.78. The summed E-state index contributed by atoms with van der Waals surface area (Å²) in [5, 5.41) is 5.09. The molecule has 1 amide bonds. The standard InChI is InChI=1S/C22H16N4O/c27-22(26-18-11-5-8-14-6-1-3-9-16(14)18)21-20(23-13-24-21)19-12-15-7-2-4-10-17(15)25-19/h1-11,13H,12H2,(H,23,24)(H,26,27). The highest BCUT2D eigenvalue weighted by Crippen LogP contribution is 2.29. The van der Waals surface area contributed by atoms with E-state index in [1.165, 1.54) is 0 Å². The molecule has 5 nitrogen and oxygen atoms in total. The van der Waals surface area contributed by atoms with Crippen molar-refractivity contribution in [1.82, 2.24) is 9.97 Å². The Bertz CT molecular complexity index is 1200. The second kappa shape index (κ2) is 6.21. The van der Waals surface area contributed by atoms with Crippen LogP contribution in [0.15, 0.2) is 78.0 Å². The number of nitrogens with zero attached hydrogens (tertiary/aromatic N) is 2. The van der Waals surface area contributed by atoms with Crippen LogP contribution in [0.5, 0.6) is 0 Å². The second-order valence-electron chi connectivity index (χ2n) is 6.47. The third kappa shape index (κ3) is 2.69. The number of carbonyl (C=O) groups excluding carboxylic acids is 1. The van der Waals surface area contributed by atoms with Gasteiger partial charge in [0.05, 0.1) is 17.7 Å². The molecule has 27 heavy (non-hydrogen) atoms. The number of rotatable bonds is 3. The number of H-pyrrole nitrogens is 1. The molecule has 3 aromatic carbocycles. The van der Waals surface area contributed by atoms with E-state index in [1.54, 1.807) is 6.33 Å². The van der Waals surface area contributed by atoms with E-state index in [0.29, 0.717) is 17.8 Å². The van der Waals surface area contributed by atoms with Crippen LogP contribution in [0.3, 0.4) is 0 Å². The number of aliphatic imine (C=N–C) groups is 1. The van der Waals surface area contributed by atoms with Crippen LogP contribution in [0.1, 0.15) is 21.7 Å². The van der Waals surface area contributed by atoms with Gasteiger partial charge in [-0.2, -0.15) is 0 Å². The highest BCUT2D eigenvalue weighted by molar-refractivity contribution is 6.15. The van der Waals surface area contributed by atoms with E-state index in [0.717, 1.165) is 33.4 Å². The number of hydrogen-bond donors (Lipinski definition) is 2. The van der Waals surface area contributed by atoms with Gasteiger partial charge in [-0.15, -0.1) is 0 Å². The monoisotopic (exact) mass is 352 g/mol. The number of fused-ring (bicyclic) bond motifs is 2. The molecule has 0 aliphatic carbocycles. The molecule has 1 aromatic heterocycles. The fourth-order valence-corrected chi connectivity index (χ4v) is 3.48. The summed E-state index contributed by atoms with van der Waals surface area (Å²) in [6.07, 6.45) is 2.22. The Morgan fingerprint density at radius 2 is 1.78 bits per heavy atom. The highest BCUT2D eigenvalue weighted by Gasteiger charge is 2.23. The molecule has 0 unspecified atom stereocenters. The largest absolute Gasteiger partial charge is 0.340 e. The van der Waals surface area contributed by atoms with Crippen molar-refractivity contribution >= 4 is 33.8 Å². The molecule has 2 heterocycles. The Labute approximate surface area is 155 Å². The maximum Gasteiger partial charge on any atom is 0.274 e. The van der Waals surface area contributed by atoms with Crippen LogP contribution < -0.4 is 5.32 Å². The molecule has 0 bridgehead atoms. The summed E-state index contributed by atoms with van der Waals surface area (Å²) in [7, 11) is 0. The van der Waals surface area contributed by atoms with E-state index < -0.39 is 0 Å². The molecule has 0 fully saturated rings. The second-order valence-corrected chi connectivity index (χ2v) is 6.47. The van der Waals surface area contributed by atoms with Crippen LogP contribution in [0.25, 0.3) is 10.8 Å². The minimum Gasteiger partial charge on any atom is -0.340 e. The summed E-state index contributed by atoms with van der Waals surface area (Å²) < 4.78 is 0. The Morgan fingerprint density at radius 1 is 0.963 bits per heavy atom. The first-order chi connectivity index (χ1) is 13.3. The minimum atomic E-state index is -0.225. The zero-order valence-electron chi connectivity index (χ0n) is 14.4. The van der Waals surface area contributed by atoms with Crippen molar-refractivity contribution < 1.29 is 4.79 Å². The van der Waals surface area contributed by atoms with E-state index in [-0.39, 0.29) is 5.91 Å². The summed E-state index contributed by atoms with van der Waals surface area (Å²) in [6, 6.07) is 21.8. The first kappa shape index (κ1) is 15.5. The van der Waals surface area contributed by atoms with Gasteiger partial charge < -0.3 is 10.3 Å². The molecular formula is C22H16N4O. The van der Waals surface area contributed by atoms with Gasteiger partial charge in [-0.25, -0.2) is 4.98 Å². The molecular weight excluding hydrogens is 336 g/mol. The van der Waals surface area contributed by atoms with Gasteiger partial charge in [0.1, 0.15) is 11.4 Å². The van der Waals surface area contributed by atoms with Crippen LogP contribution >= 0.6 is 0 Å². The number of aromatic amines is 1.